The number of aromatic carboxylic acids is 1. The molecule has 0 amide bonds. The summed E-state index contributed by atoms with van der Waals surface area (Å²) in [5.74, 6) is -1.21. The monoisotopic (exact) mass is 179 g/mol. The third kappa shape index (κ3) is 1.50. The first-order valence-electron chi connectivity index (χ1n) is 3.42. The molecule has 0 aliphatic carbocycles. The zero-order valence-corrected chi connectivity index (χ0v) is 7.07. The number of hydrogen-bond acceptors (Lipinski definition) is 3. The maximum atomic E-state index is 10.4. The third-order valence-electron chi connectivity index (χ3n) is 1.61. The number of carbonyl (C=O) groups excluding carboxylic acids is 1. The van der Waals surface area contributed by atoms with E-state index >= 15 is 0 Å². The van der Waals surface area contributed by atoms with Crippen LogP contribution in [0.2, 0.25) is 0 Å². The number of quaternary nitrogens is 1. The second kappa shape index (κ2) is 3.24. The minimum absolute atomic E-state index is 0. The molecule has 0 radical (unpaired) electrons. The molecule has 2 rings (SSSR count). The van der Waals surface area contributed by atoms with Gasteiger partial charge in [-0.1, -0.05) is 0 Å². The number of aromatic nitrogens is 2. The number of nitrogens with one attached hydrogen (secondary N) is 1. The molecule has 0 aliphatic heterocycles. The van der Waals surface area contributed by atoms with Gasteiger partial charge in [-0.15, -0.1) is 0 Å². The Balaban J connectivity index is 0.000000845. The topological polar surface area (TPSA) is 105 Å². The summed E-state index contributed by atoms with van der Waals surface area (Å²) in [5.41, 5.74) is 1.40. The number of rotatable bonds is 1. The fraction of sp³-hybridized carbons (Fsp3) is 0. The molecule has 0 spiro atoms. The second-order valence-electron chi connectivity index (χ2n) is 2.41. The van der Waals surface area contributed by atoms with Gasteiger partial charge in [0.2, 0.25) is 0 Å². The molecular formula is C8H9N3O2. The highest BCUT2D eigenvalue weighted by molar-refractivity contribution is 5.90. The molecule has 0 saturated heterocycles. The molecular weight excluding hydrogens is 170 g/mol. The number of fused-ring (bicyclic) bond motifs is 1. The quantitative estimate of drug-likeness (QED) is 0.657. The minimum Gasteiger partial charge on any atom is -0.543 e. The molecule has 5 heteroatoms. The molecule has 2 heterocycles. The van der Waals surface area contributed by atoms with E-state index in [4.69, 9.17) is 0 Å². The van der Waals surface area contributed by atoms with Gasteiger partial charge in [-0.2, -0.15) is 0 Å². The van der Waals surface area contributed by atoms with E-state index < -0.39 is 5.97 Å². The Kier molecular flexibility index (Phi) is 2.29. The van der Waals surface area contributed by atoms with Crippen molar-refractivity contribution in [3.63, 3.8) is 0 Å². The van der Waals surface area contributed by atoms with Gasteiger partial charge in [-0.3, -0.25) is 4.98 Å². The third-order valence-corrected chi connectivity index (χ3v) is 1.61. The van der Waals surface area contributed by atoms with Gasteiger partial charge >= 0.3 is 0 Å². The van der Waals surface area contributed by atoms with E-state index in [1.54, 1.807) is 18.3 Å². The second-order valence-corrected chi connectivity index (χ2v) is 2.41. The average Bonchev–Trinajstić information content (AvgIpc) is 2.46. The summed E-state index contributed by atoms with van der Waals surface area (Å²) in [7, 11) is 0. The van der Waals surface area contributed by atoms with Gasteiger partial charge in [0.05, 0.1) is 22.7 Å². The fourth-order valence-electron chi connectivity index (χ4n) is 1.07. The molecule has 68 valence electrons. The average molecular weight is 179 g/mol. The lowest BCUT2D eigenvalue weighted by Crippen LogP contribution is -2.22. The first kappa shape index (κ1) is 9.21. The molecule has 5 N–H and O–H groups in total. The summed E-state index contributed by atoms with van der Waals surface area (Å²) in [6, 6.07) is 4.94. The number of carboxylic acid groups (broad SMARTS) is 1. The first-order chi connectivity index (χ1) is 5.77. The van der Waals surface area contributed by atoms with Crippen LogP contribution >= 0.6 is 0 Å². The maximum Gasteiger partial charge on any atom is 0.0885 e. The highest BCUT2D eigenvalue weighted by Crippen LogP contribution is 2.10. The van der Waals surface area contributed by atoms with Crippen LogP contribution in [0, 0.1) is 0 Å². The van der Waals surface area contributed by atoms with Crippen LogP contribution in [-0.2, 0) is 0 Å². The fourth-order valence-corrected chi connectivity index (χ4v) is 1.07. The molecule has 0 saturated carbocycles. The Bertz CT molecular complexity index is 403. The van der Waals surface area contributed by atoms with Gasteiger partial charge in [0.15, 0.2) is 0 Å². The van der Waals surface area contributed by atoms with Crippen LogP contribution in [0.1, 0.15) is 10.5 Å². The molecule has 0 fully saturated rings. The van der Waals surface area contributed by atoms with Gasteiger partial charge in [-0.05, 0) is 18.2 Å². The highest BCUT2D eigenvalue weighted by atomic mass is 16.4. The number of H-pyrrole nitrogens is 1. The smallest absolute Gasteiger partial charge is 0.0885 e. The Morgan fingerprint density at radius 2 is 2.31 bits per heavy atom. The summed E-state index contributed by atoms with van der Waals surface area (Å²) in [4.78, 5) is 17.0. The van der Waals surface area contributed by atoms with Crippen LogP contribution in [0.4, 0.5) is 0 Å². The van der Waals surface area contributed by atoms with Crippen molar-refractivity contribution in [3.05, 3.63) is 30.1 Å². The van der Waals surface area contributed by atoms with Crippen molar-refractivity contribution in [2.75, 3.05) is 0 Å². The predicted molar refractivity (Wildman–Crippen MR) is 46.4 cm³/mol. The summed E-state index contributed by atoms with van der Waals surface area (Å²) < 4.78 is 0. The Hall–Kier alpha value is -1.88. The Morgan fingerprint density at radius 3 is 2.92 bits per heavy atom. The Morgan fingerprint density at radius 1 is 1.54 bits per heavy atom. The minimum atomic E-state index is -1.21. The van der Waals surface area contributed by atoms with E-state index in [9.17, 15) is 9.90 Å². The molecule has 0 aromatic carbocycles. The molecule has 0 bridgehead atoms. The van der Waals surface area contributed by atoms with Crippen molar-refractivity contribution in [1.29, 1.82) is 0 Å². The first-order valence-corrected chi connectivity index (χ1v) is 3.42. The lowest BCUT2D eigenvalue weighted by Gasteiger charge is -1.93. The summed E-state index contributed by atoms with van der Waals surface area (Å²) in [6.07, 6.45) is 1.61. The largest absolute Gasteiger partial charge is 0.543 e. The standard InChI is InChI=1S/C8H6N2O2.H3N/c11-8(12)7-4-6-5(10-7)2-1-3-9-6;/h1-4,10H,(H,11,12);1H3. The lowest BCUT2D eigenvalue weighted by atomic mass is 10.4. The SMILES string of the molecule is O=C([O-])c1cc2ncccc2[nH]1.[NH4+]. The van der Waals surface area contributed by atoms with Crippen LogP contribution in [-0.4, -0.2) is 15.9 Å². The van der Waals surface area contributed by atoms with Crippen molar-refractivity contribution < 1.29 is 9.90 Å². The number of hydrogen-bond donors (Lipinski definition) is 2. The molecule has 5 nitrogen and oxygen atoms in total. The van der Waals surface area contributed by atoms with Crippen molar-refractivity contribution in [1.82, 2.24) is 16.1 Å². The molecule has 0 aliphatic rings. The summed E-state index contributed by atoms with van der Waals surface area (Å²) in [5, 5.41) is 10.4. The number of nitrogens with zero attached hydrogens (tertiary/aromatic N) is 1. The van der Waals surface area contributed by atoms with Gasteiger partial charge in [0.25, 0.3) is 0 Å². The number of carboxylic acids is 1. The molecule has 2 aromatic heterocycles. The van der Waals surface area contributed by atoms with E-state index in [2.05, 4.69) is 9.97 Å². The van der Waals surface area contributed by atoms with Crippen molar-refractivity contribution in [2.24, 2.45) is 0 Å². The van der Waals surface area contributed by atoms with Crippen molar-refractivity contribution in [3.8, 4) is 0 Å². The normalized spacial score (nSPS) is 9.54. The molecule has 2 aromatic rings. The number of carbonyl (C=O) groups is 1. The molecule has 0 unspecified atom stereocenters. The predicted octanol–water partition coefficient (Wildman–Crippen LogP) is 0.303. The van der Waals surface area contributed by atoms with Gasteiger partial charge < -0.3 is 21.0 Å². The molecule has 13 heavy (non-hydrogen) atoms. The van der Waals surface area contributed by atoms with E-state index in [1.165, 1.54) is 6.07 Å². The van der Waals surface area contributed by atoms with Gasteiger partial charge in [0.1, 0.15) is 0 Å². The van der Waals surface area contributed by atoms with E-state index in [0.717, 1.165) is 0 Å². The van der Waals surface area contributed by atoms with Crippen molar-refractivity contribution in [2.45, 2.75) is 0 Å². The van der Waals surface area contributed by atoms with E-state index in [-0.39, 0.29) is 11.8 Å². The number of aromatic amines is 1. The van der Waals surface area contributed by atoms with Crippen LogP contribution in [0.5, 0.6) is 0 Å². The van der Waals surface area contributed by atoms with Crippen LogP contribution in [0.15, 0.2) is 24.4 Å². The van der Waals surface area contributed by atoms with Gasteiger partial charge in [-0.25, -0.2) is 0 Å². The lowest BCUT2D eigenvalue weighted by molar-refractivity contribution is -0.255. The van der Waals surface area contributed by atoms with E-state index in [1.807, 2.05) is 0 Å². The zero-order valence-electron chi connectivity index (χ0n) is 7.07. The Labute approximate surface area is 74.0 Å². The van der Waals surface area contributed by atoms with Crippen LogP contribution in [0.3, 0.4) is 0 Å². The molecule has 0 atom stereocenters. The van der Waals surface area contributed by atoms with Crippen molar-refractivity contribution >= 4 is 17.0 Å². The zero-order chi connectivity index (χ0) is 8.55. The number of pyridine rings is 1. The highest BCUT2D eigenvalue weighted by Gasteiger charge is 1.99. The van der Waals surface area contributed by atoms with Crippen LogP contribution < -0.4 is 11.3 Å². The van der Waals surface area contributed by atoms with E-state index in [0.29, 0.717) is 11.0 Å². The maximum absolute atomic E-state index is 10.4. The summed E-state index contributed by atoms with van der Waals surface area (Å²) in [6.45, 7) is 0. The summed E-state index contributed by atoms with van der Waals surface area (Å²) >= 11 is 0. The van der Waals surface area contributed by atoms with Gasteiger partial charge in [0, 0.05) is 6.20 Å². The van der Waals surface area contributed by atoms with Crippen LogP contribution in [0.25, 0.3) is 11.0 Å².